The van der Waals surface area contributed by atoms with Crippen LogP contribution in [-0.4, -0.2) is 33.1 Å². The van der Waals surface area contributed by atoms with Crippen LogP contribution in [0.4, 0.5) is 0 Å². The maximum absolute atomic E-state index is 9.63. The third-order valence-corrected chi connectivity index (χ3v) is 3.67. The number of aliphatic hydroxyl groups excluding tert-OH is 1. The molecule has 1 heterocycles. The van der Waals surface area contributed by atoms with Gasteiger partial charge < -0.3 is 10.4 Å². The van der Waals surface area contributed by atoms with Crippen molar-refractivity contribution in [3.63, 3.8) is 0 Å². The van der Waals surface area contributed by atoms with E-state index in [0.717, 1.165) is 25.8 Å². The Morgan fingerprint density at radius 2 is 2.35 bits per heavy atom. The molecule has 1 aliphatic rings. The van der Waals surface area contributed by atoms with Crippen LogP contribution in [0.25, 0.3) is 0 Å². The average molecular weight is 237 g/mol. The summed E-state index contributed by atoms with van der Waals surface area (Å²) in [5.41, 5.74) is -0.0751. The van der Waals surface area contributed by atoms with Crippen LogP contribution in [-0.2, 0) is 6.54 Å². The average Bonchev–Trinajstić information content (AvgIpc) is 3.01. The van der Waals surface area contributed by atoms with E-state index in [1.165, 1.54) is 12.8 Å². The summed E-state index contributed by atoms with van der Waals surface area (Å²) >= 11 is 0. The first-order valence-electron chi connectivity index (χ1n) is 6.64. The number of nitrogens with zero attached hydrogens (tertiary/aromatic N) is 2. The molecule has 1 aromatic heterocycles. The second-order valence-corrected chi connectivity index (χ2v) is 5.08. The zero-order valence-electron chi connectivity index (χ0n) is 10.6. The standard InChI is InChI=1S/C13H23N3O/c1-2-13(11-17,15-12-5-6-12)7-3-9-16-10-4-8-14-16/h4,8,10,12,15,17H,2-3,5-7,9,11H2,1H3. The van der Waals surface area contributed by atoms with Crippen LogP contribution in [0, 0.1) is 0 Å². The summed E-state index contributed by atoms with van der Waals surface area (Å²) in [5, 5.41) is 17.4. The van der Waals surface area contributed by atoms with Gasteiger partial charge in [0.25, 0.3) is 0 Å². The third-order valence-electron chi connectivity index (χ3n) is 3.67. The van der Waals surface area contributed by atoms with Crippen molar-refractivity contribution in [3.8, 4) is 0 Å². The highest BCUT2D eigenvalue weighted by molar-refractivity contribution is 4.94. The minimum absolute atomic E-state index is 0.0751. The minimum Gasteiger partial charge on any atom is -0.394 e. The molecule has 4 nitrogen and oxygen atoms in total. The Morgan fingerprint density at radius 1 is 1.53 bits per heavy atom. The number of nitrogens with one attached hydrogen (secondary N) is 1. The smallest absolute Gasteiger partial charge is 0.0613 e. The van der Waals surface area contributed by atoms with Crippen LogP contribution in [0.5, 0.6) is 0 Å². The first-order valence-corrected chi connectivity index (χ1v) is 6.64. The molecule has 0 saturated heterocycles. The monoisotopic (exact) mass is 237 g/mol. The van der Waals surface area contributed by atoms with E-state index in [2.05, 4.69) is 17.3 Å². The fourth-order valence-corrected chi connectivity index (χ4v) is 2.26. The Kier molecular flexibility index (Phi) is 4.18. The lowest BCUT2D eigenvalue weighted by Gasteiger charge is -2.32. The molecule has 1 saturated carbocycles. The molecule has 0 bridgehead atoms. The molecule has 96 valence electrons. The quantitative estimate of drug-likeness (QED) is 0.721. The van der Waals surface area contributed by atoms with Gasteiger partial charge in [0.2, 0.25) is 0 Å². The van der Waals surface area contributed by atoms with Gasteiger partial charge >= 0.3 is 0 Å². The van der Waals surface area contributed by atoms with Crippen molar-refractivity contribution in [1.82, 2.24) is 15.1 Å². The molecule has 0 radical (unpaired) electrons. The summed E-state index contributed by atoms with van der Waals surface area (Å²) in [7, 11) is 0. The number of hydrogen-bond donors (Lipinski definition) is 2. The molecule has 1 fully saturated rings. The molecular weight excluding hydrogens is 214 g/mol. The molecule has 0 spiro atoms. The Balaban J connectivity index is 1.79. The fraction of sp³-hybridized carbons (Fsp3) is 0.769. The maximum Gasteiger partial charge on any atom is 0.0613 e. The van der Waals surface area contributed by atoms with Crippen molar-refractivity contribution in [1.29, 1.82) is 0 Å². The van der Waals surface area contributed by atoms with Crippen LogP contribution >= 0.6 is 0 Å². The first kappa shape index (κ1) is 12.6. The molecule has 17 heavy (non-hydrogen) atoms. The third kappa shape index (κ3) is 3.54. The number of aryl methyl sites for hydroxylation is 1. The lowest BCUT2D eigenvalue weighted by molar-refractivity contribution is 0.140. The van der Waals surface area contributed by atoms with Crippen LogP contribution in [0.3, 0.4) is 0 Å². The predicted molar refractivity (Wildman–Crippen MR) is 67.7 cm³/mol. The van der Waals surface area contributed by atoms with Gasteiger partial charge in [-0.15, -0.1) is 0 Å². The molecule has 2 rings (SSSR count). The number of hydrogen-bond acceptors (Lipinski definition) is 3. The van der Waals surface area contributed by atoms with E-state index in [-0.39, 0.29) is 12.1 Å². The van der Waals surface area contributed by atoms with E-state index in [4.69, 9.17) is 0 Å². The maximum atomic E-state index is 9.63. The summed E-state index contributed by atoms with van der Waals surface area (Å²) in [6, 6.07) is 2.59. The first-order chi connectivity index (χ1) is 8.28. The van der Waals surface area contributed by atoms with Gasteiger partial charge in [-0.25, -0.2) is 0 Å². The summed E-state index contributed by atoms with van der Waals surface area (Å²) in [5.74, 6) is 0. The number of rotatable bonds is 8. The van der Waals surface area contributed by atoms with Crippen LogP contribution in [0.15, 0.2) is 18.5 Å². The normalized spacial score (nSPS) is 19.2. The molecule has 0 amide bonds. The van der Waals surface area contributed by atoms with E-state index in [0.29, 0.717) is 6.04 Å². The summed E-state index contributed by atoms with van der Waals surface area (Å²) in [6.07, 6.45) is 9.37. The SMILES string of the molecule is CCC(CO)(CCCn1cccn1)NC1CC1. The van der Waals surface area contributed by atoms with E-state index >= 15 is 0 Å². The van der Waals surface area contributed by atoms with Gasteiger partial charge in [0.1, 0.15) is 0 Å². The number of aromatic nitrogens is 2. The zero-order valence-corrected chi connectivity index (χ0v) is 10.6. The minimum atomic E-state index is -0.0751. The summed E-state index contributed by atoms with van der Waals surface area (Å²) < 4.78 is 1.95. The van der Waals surface area contributed by atoms with Gasteiger partial charge in [-0.2, -0.15) is 5.10 Å². The topological polar surface area (TPSA) is 50.1 Å². The molecule has 0 aliphatic heterocycles. The Morgan fingerprint density at radius 3 is 2.88 bits per heavy atom. The highest BCUT2D eigenvalue weighted by atomic mass is 16.3. The van der Waals surface area contributed by atoms with Crippen LogP contribution in [0.1, 0.15) is 39.0 Å². The lowest BCUT2D eigenvalue weighted by Crippen LogP contribution is -2.49. The van der Waals surface area contributed by atoms with E-state index < -0.39 is 0 Å². The Bertz CT molecular complexity index is 315. The van der Waals surface area contributed by atoms with Gasteiger partial charge in [-0.3, -0.25) is 4.68 Å². The Labute approximate surface area is 103 Å². The largest absolute Gasteiger partial charge is 0.394 e. The van der Waals surface area contributed by atoms with Crippen molar-refractivity contribution < 1.29 is 5.11 Å². The summed E-state index contributed by atoms with van der Waals surface area (Å²) in [4.78, 5) is 0. The second kappa shape index (κ2) is 5.65. The van der Waals surface area contributed by atoms with E-state index in [9.17, 15) is 5.11 Å². The van der Waals surface area contributed by atoms with Crippen molar-refractivity contribution in [2.75, 3.05) is 6.61 Å². The Hall–Kier alpha value is -0.870. The molecule has 1 aliphatic carbocycles. The molecule has 4 heteroatoms. The highest BCUT2D eigenvalue weighted by Gasteiger charge is 2.33. The molecule has 2 N–H and O–H groups in total. The second-order valence-electron chi connectivity index (χ2n) is 5.08. The molecule has 1 unspecified atom stereocenters. The molecule has 0 aromatic carbocycles. The van der Waals surface area contributed by atoms with Crippen molar-refractivity contribution in [3.05, 3.63) is 18.5 Å². The zero-order chi connectivity index (χ0) is 12.1. The lowest BCUT2D eigenvalue weighted by atomic mass is 9.91. The van der Waals surface area contributed by atoms with Crippen molar-refractivity contribution >= 4 is 0 Å². The van der Waals surface area contributed by atoms with Crippen LogP contribution in [0.2, 0.25) is 0 Å². The summed E-state index contributed by atoms with van der Waals surface area (Å²) in [6.45, 7) is 3.32. The number of aliphatic hydroxyl groups is 1. The van der Waals surface area contributed by atoms with Gasteiger partial charge in [-0.05, 0) is 38.2 Å². The molecular formula is C13H23N3O. The molecule has 1 aromatic rings. The van der Waals surface area contributed by atoms with Crippen molar-refractivity contribution in [2.45, 2.75) is 57.2 Å². The van der Waals surface area contributed by atoms with Crippen LogP contribution < -0.4 is 5.32 Å². The van der Waals surface area contributed by atoms with E-state index in [1.807, 2.05) is 23.1 Å². The van der Waals surface area contributed by atoms with Gasteiger partial charge in [0, 0.05) is 30.5 Å². The van der Waals surface area contributed by atoms with Gasteiger partial charge in [0.05, 0.1) is 6.61 Å². The molecule has 1 atom stereocenters. The highest BCUT2D eigenvalue weighted by Crippen LogP contribution is 2.26. The van der Waals surface area contributed by atoms with Gasteiger partial charge in [0.15, 0.2) is 0 Å². The fourth-order valence-electron chi connectivity index (χ4n) is 2.26. The predicted octanol–water partition coefficient (Wildman–Crippen LogP) is 1.56. The van der Waals surface area contributed by atoms with Gasteiger partial charge in [-0.1, -0.05) is 6.92 Å². The van der Waals surface area contributed by atoms with Crippen molar-refractivity contribution in [2.24, 2.45) is 0 Å². The van der Waals surface area contributed by atoms with E-state index in [1.54, 1.807) is 0 Å².